The van der Waals surface area contributed by atoms with Gasteiger partial charge in [-0.15, -0.1) is 0 Å². The third kappa shape index (κ3) is 4.31. The Bertz CT molecular complexity index is 818. The number of methoxy groups -OCH3 is 2. The number of amides is 1. The van der Waals surface area contributed by atoms with E-state index >= 15 is 0 Å². The van der Waals surface area contributed by atoms with E-state index in [4.69, 9.17) is 14.7 Å². The fourth-order valence-electron chi connectivity index (χ4n) is 2.26. The molecule has 1 atom stereocenters. The lowest BCUT2D eigenvalue weighted by molar-refractivity contribution is -0.131. The van der Waals surface area contributed by atoms with Gasteiger partial charge in [-0.1, -0.05) is 6.07 Å². The van der Waals surface area contributed by atoms with Crippen LogP contribution >= 0.6 is 0 Å². The first-order valence-corrected chi connectivity index (χ1v) is 7.32. The molecule has 0 aliphatic rings. The molecule has 0 bridgehead atoms. The summed E-state index contributed by atoms with van der Waals surface area (Å²) in [5.74, 6) is -1.55. The maximum absolute atomic E-state index is 14.1. The SMILES string of the molecule is COc1ccc([C@H](OC)C(=O)NCc2ccc(C#N)cc2F)c(F)c1. The molecule has 0 fully saturated rings. The topological polar surface area (TPSA) is 71.3 Å². The van der Waals surface area contributed by atoms with E-state index in [1.165, 1.54) is 38.5 Å². The fraction of sp³-hybridized carbons (Fsp3) is 0.222. The Kier molecular flexibility index (Phi) is 6.03. The van der Waals surface area contributed by atoms with Crippen molar-refractivity contribution in [1.82, 2.24) is 5.32 Å². The second-order valence-electron chi connectivity index (χ2n) is 5.14. The number of nitrogens with zero attached hydrogens (tertiary/aromatic N) is 1. The Morgan fingerprint density at radius 3 is 2.52 bits per heavy atom. The van der Waals surface area contributed by atoms with Gasteiger partial charge in [0.1, 0.15) is 17.4 Å². The van der Waals surface area contributed by atoms with Crippen LogP contribution in [0.25, 0.3) is 0 Å². The van der Waals surface area contributed by atoms with E-state index in [-0.39, 0.29) is 23.2 Å². The van der Waals surface area contributed by atoms with Crippen LogP contribution in [0.1, 0.15) is 22.8 Å². The van der Waals surface area contributed by atoms with Crippen molar-refractivity contribution < 1.29 is 23.0 Å². The van der Waals surface area contributed by atoms with Gasteiger partial charge in [0.15, 0.2) is 6.10 Å². The summed E-state index contributed by atoms with van der Waals surface area (Å²) >= 11 is 0. The Balaban J connectivity index is 2.12. The first-order valence-electron chi connectivity index (χ1n) is 7.32. The van der Waals surface area contributed by atoms with Crippen molar-refractivity contribution in [3.63, 3.8) is 0 Å². The van der Waals surface area contributed by atoms with E-state index in [0.717, 1.165) is 12.1 Å². The Morgan fingerprint density at radius 2 is 1.96 bits per heavy atom. The predicted octanol–water partition coefficient (Wildman–Crippen LogP) is 2.85. The highest BCUT2D eigenvalue weighted by Gasteiger charge is 2.23. The van der Waals surface area contributed by atoms with Crippen LogP contribution in [-0.4, -0.2) is 20.1 Å². The summed E-state index contributed by atoms with van der Waals surface area (Å²) in [5.41, 5.74) is 0.432. The van der Waals surface area contributed by atoms with Crippen LogP contribution in [-0.2, 0) is 16.1 Å². The van der Waals surface area contributed by atoms with Crippen molar-refractivity contribution in [1.29, 1.82) is 5.26 Å². The van der Waals surface area contributed by atoms with E-state index < -0.39 is 23.6 Å². The summed E-state index contributed by atoms with van der Waals surface area (Å²) in [6, 6.07) is 9.81. The van der Waals surface area contributed by atoms with E-state index in [1.807, 2.05) is 6.07 Å². The van der Waals surface area contributed by atoms with E-state index in [0.29, 0.717) is 5.75 Å². The highest BCUT2D eigenvalue weighted by molar-refractivity contribution is 5.82. The third-order valence-electron chi connectivity index (χ3n) is 3.60. The van der Waals surface area contributed by atoms with Crippen molar-refractivity contribution in [3.8, 4) is 11.8 Å². The van der Waals surface area contributed by atoms with E-state index in [2.05, 4.69) is 5.32 Å². The van der Waals surface area contributed by atoms with Gasteiger partial charge in [0.05, 0.1) is 18.7 Å². The molecule has 25 heavy (non-hydrogen) atoms. The van der Waals surface area contributed by atoms with Crippen LogP contribution in [0, 0.1) is 23.0 Å². The smallest absolute Gasteiger partial charge is 0.254 e. The van der Waals surface area contributed by atoms with Crippen LogP contribution < -0.4 is 10.1 Å². The molecule has 0 radical (unpaired) electrons. The first kappa shape index (κ1) is 18.4. The predicted molar refractivity (Wildman–Crippen MR) is 85.7 cm³/mol. The summed E-state index contributed by atoms with van der Waals surface area (Å²) in [6.07, 6.45) is -1.19. The lowest BCUT2D eigenvalue weighted by Gasteiger charge is -2.17. The molecule has 5 nitrogen and oxygen atoms in total. The van der Waals surface area contributed by atoms with Crippen LogP contribution in [0.4, 0.5) is 8.78 Å². The summed E-state index contributed by atoms with van der Waals surface area (Å²) in [5, 5.41) is 11.2. The zero-order valence-corrected chi connectivity index (χ0v) is 13.7. The average molecular weight is 346 g/mol. The van der Waals surface area contributed by atoms with Gasteiger partial charge in [-0.05, 0) is 24.3 Å². The summed E-state index contributed by atoms with van der Waals surface area (Å²) in [4.78, 5) is 12.3. The summed E-state index contributed by atoms with van der Waals surface area (Å²) in [7, 11) is 2.68. The highest BCUT2D eigenvalue weighted by atomic mass is 19.1. The van der Waals surface area contributed by atoms with Gasteiger partial charge in [0.2, 0.25) is 0 Å². The number of ether oxygens (including phenoxy) is 2. The van der Waals surface area contributed by atoms with Crippen LogP contribution in [0.3, 0.4) is 0 Å². The van der Waals surface area contributed by atoms with Gasteiger partial charge >= 0.3 is 0 Å². The van der Waals surface area contributed by atoms with Gasteiger partial charge in [-0.25, -0.2) is 8.78 Å². The van der Waals surface area contributed by atoms with Crippen LogP contribution in [0.15, 0.2) is 36.4 Å². The molecule has 0 aromatic heterocycles. The maximum Gasteiger partial charge on any atom is 0.254 e. The molecule has 2 aromatic carbocycles. The van der Waals surface area contributed by atoms with Crippen LogP contribution in [0.2, 0.25) is 0 Å². The van der Waals surface area contributed by atoms with Gasteiger partial charge in [-0.2, -0.15) is 5.26 Å². The second-order valence-corrected chi connectivity index (χ2v) is 5.14. The largest absolute Gasteiger partial charge is 0.497 e. The quantitative estimate of drug-likeness (QED) is 0.873. The van der Waals surface area contributed by atoms with E-state index in [9.17, 15) is 13.6 Å². The monoisotopic (exact) mass is 346 g/mol. The van der Waals surface area contributed by atoms with Crippen molar-refractivity contribution in [2.75, 3.05) is 14.2 Å². The minimum Gasteiger partial charge on any atom is -0.497 e. The Morgan fingerprint density at radius 1 is 1.20 bits per heavy atom. The van der Waals surface area contributed by atoms with Crippen molar-refractivity contribution in [2.24, 2.45) is 0 Å². The fourth-order valence-corrected chi connectivity index (χ4v) is 2.26. The Hall–Kier alpha value is -2.98. The molecule has 0 spiro atoms. The molecule has 0 aliphatic heterocycles. The number of hydrogen-bond donors (Lipinski definition) is 1. The zero-order valence-electron chi connectivity index (χ0n) is 13.7. The molecule has 1 amide bonds. The molecule has 0 unspecified atom stereocenters. The molecule has 0 saturated carbocycles. The molecule has 0 heterocycles. The molecule has 130 valence electrons. The minimum atomic E-state index is -1.19. The number of benzene rings is 2. The van der Waals surface area contributed by atoms with Crippen molar-refractivity contribution >= 4 is 5.91 Å². The normalized spacial score (nSPS) is 11.5. The molecular weight excluding hydrogens is 330 g/mol. The molecule has 0 aliphatic carbocycles. The Labute approximate surface area is 143 Å². The molecule has 1 N–H and O–H groups in total. The van der Waals surface area contributed by atoms with Crippen molar-refractivity contribution in [3.05, 3.63) is 64.7 Å². The number of carbonyl (C=O) groups excluding carboxylic acids is 1. The standard InChI is InChI=1S/C18H16F2N2O3/c1-24-13-5-6-14(16(20)8-13)17(25-2)18(23)22-10-12-4-3-11(9-21)7-15(12)19/h3-8,17H,10H2,1-2H3,(H,22,23)/t17-/m0/s1. The van der Waals surface area contributed by atoms with Gasteiger partial charge < -0.3 is 14.8 Å². The number of nitriles is 1. The lowest BCUT2D eigenvalue weighted by Crippen LogP contribution is -2.30. The number of halogens is 2. The number of hydrogen-bond acceptors (Lipinski definition) is 4. The first-order chi connectivity index (χ1) is 12.0. The van der Waals surface area contributed by atoms with E-state index in [1.54, 1.807) is 0 Å². The van der Waals surface area contributed by atoms with Crippen LogP contribution in [0.5, 0.6) is 5.75 Å². The molecular formula is C18H16F2N2O3. The number of carbonyl (C=O) groups is 1. The maximum atomic E-state index is 14.1. The van der Waals surface area contributed by atoms with Crippen molar-refractivity contribution in [2.45, 2.75) is 12.6 Å². The molecule has 7 heteroatoms. The molecule has 0 saturated heterocycles. The molecule has 2 aromatic rings. The van der Waals surface area contributed by atoms with Gasteiger partial charge in [-0.3, -0.25) is 4.79 Å². The molecule has 2 rings (SSSR count). The van der Waals surface area contributed by atoms with Gasteiger partial charge in [0, 0.05) is 30.8 Å². The second kappa shape index (κ2) is 8.22. The third-order valence-corrected chi connectivity index (χ3v) is 3.60. The summed E-state index contributed by atoms with van der Waals surface area (Å²) in [6.45, 7) is -0.117. The average Bonchev–Trinajstić information content (AvgIpc) is 2.62. The highest BCUT2D eigenvalue weighted by Crippen LogP contribution is 2.24. The lowest BCUT2D eigenvalue weighted by atomic mass is 10.1. The number of nitrogens with one attached hydrogen (secondary N) is 1. The number of rotatable bonds is 6. The van der Waals surface area contributed by atoms with Gasteiger partial charge in [0.25, 0.3) is 5.91 Å². The minimum absolute atomic E-state index is 0.0427. The zero-order chi connectivity index (χ0) is 18.4. The summed E-state index contributed by atoms with van der Waals surface area (Å²) < 4.78 is 37.9.